The van der Waals surface area contributed by atoms with Crippen molar-refractivity contribution >= 4 is 11.8 Å². The molecule has 5 heteroatoms. The fraction of sp³-hybridized carbons (Fsp3) is 0.727. The molecule has 2 amide bonds. The molecule has 27 heavy (non-hydrogen) atoms. The molecule has 1 heterocycles. The second kappa shape index (κ2) is 10.5. The Morgan fingerprint density at radius 1 is 1.19 bits per heavy atom. The average Bonchev–Trinajstić information content (AvgIpc) is 3.05. The molecule has 0 N–H and O–H groups in total. The highest BCUT2D eigenvalue weighted by atomic mass is 16.2. The van der Waals surface area contributed by atoms with Gasteiger partial charge < -0.3 is 14.4 Å². The Bertz CT molecular complexity index is 602. The molecule has 0 saturated heterocycles. The molecule has 1 aliphatic carbocycles. The fourth-order valence-corrected chi connectivity index (χ4v) is 3.96. The van der Waals surface area contributed by atoms with Crippen LogP contribution in [0.15, 0.2) is 18.3 Å². The molecule has 2 rings (SSSR count). The first-order valence-corrected chi connectivity index (χ1v) is 10.6. The van der Waals surface area contributed by atoms with Crippen LogP contribution in [0.4, 0.5) is 0 Å². The van der Waals surface area contributed by atoms with Crippen LogP contribution in [0.3, 0.4) is 0 Å². The van der Waals surface area contributed by atoms with Crippen LogP contribution >= 0.6 is 0 Å². The quantitative estimate of drug-likeness (QED) is 0.658. The second-order valence-electron chi connectivity index (χ2n) is 8.37. The molecular formula is C22H37N3O2. The summed E-state index contributed by atoms with van der Waals surface area (Å²) in [6.07, 6.45) is 8.35. The van der Waals surface area contributed by atoms with E-state index in [4.69, 9.17) is 0 Å². The minimum atomic E-state index is 0.0579. The molecule has 152 valence electrons. The molecule has 1 saturated carbocycles. The summed E-state index contributed by atoms with van der Waals surface area (Å²) in [7, 11) is 2.00. The molecule has 1 aromatic rings. The molecule has 1 fully saturated rings. The van der Waals surface area contributed by atoms with Gasteiger partial charge >= 0.3 is 0 Å². The van der Waals surface area contributed by atoms with Gasteiger partial charge in [0.05, 0.1) is 13.1 Å². The van der Waals surface area contributed by atoms with Crippen LogP contribution in [-0.4, -0.2) is 45.8 Å². The van der Waals surface area contributed by atoms with E-state index in [1.165, 1.54) is 6.42 Å². The van der Waals surface area contributed by atoms with Gasteiger partial charge in [0, 0.05) is 37.9 Å². The molecular weight excluding hydrogens is 338 g/mol. The first-order chi connectivity index (χ1) is 12.9. The number of aromatic nitrogens is 1. The van der Waals surface area contributed by atoms with E-state index in [2.05, 4.69) is 31.4 Å². The Balaban J connectivity index is 2.06. The Labute approximate surface area is 164 Å². The third kappa shape index (κ3) is 6.40. The lowest BCUT2D eigenvalue weighted by atomic mass is 9.88. The zero-order chi connectivity index (χ0) is 19.8. The Morgan fingerprint density at radius 2 is 1.89 bits per heavy atom. The van der Waals surface area contributed by atoms with Gasteiger partial charge in [-0.1, -0.05) is 40.0 Å². The van der Waals surface area contributed by atoms with E-state index in [-0.39, 0.29) is 24.3 Å². The summed E-state index contributed by atoms with van der Waals surface area (Å²) in [4.78, 5) is 29.8. The largest absolute Gasteiger partial charge is 0.353 e. The monoisotopic (exact) mass is 375 g/mol. The maximum absolute atomic E-state index is 13.1. The second-order valence-corrected chi connectivity index (χ2v) is 8.37. The third-order valence-corrected chi connectivity index (χ3v) is 5.43. The van der Waals surface area contributed by atoms with Crippen molar-refractivity contribution < 1.29 is 9.59 Å². The molecule has 0 unspecified atom stereocenters. The van der Waals surface area contributed by atoms with Crippen molar-refractivity contribution in [3.05, 3.63) is 24.0 Å². The number of carbonyl (C=O) groups excluding carboxylic acids is 2. The van der Waals surface area contributed by atoms with Crippen LogP contribution < -0.4 is 0 Å². The number of amides is 2. The van der Waals surface area contributed by atoms with Gasteiger partial charge in [0.25, 0.3) is 0 Å². The van der Waals surface area contributed by atoms with Crippen LogP contribution in [-0.2, 0) is 23.2 Å². The van der Waals surface area contributed by atoms with E-state index in [1.54, 1.807) is 0 Å². The van der Waals surface area contributed by atoms with Gasteiger partial charge in [-0.25, -0.2) is 0 Å². The van der Waals surface area contributed by atoms with Gasteiger partial charge in [0.2, 0.25) is 11.8 Å². The van der Waals surface area contributed by atoms with Gasteiger partial charge in [-0.05, 0) is 37.3 Å². The molecule has 0 atom stereocenters. The van der Waals surface area contributed by atoms with E-state index in [0.29, 0.717) is 25.6 Å². The van der Waals surface area contributed by atoms with Crippen LogP contribution in [0.5, 0.6) is 0 Å². The van der Waals surface area contributed by atoms with Crippen molar-refractivity contribution in [3.8, 4) is 0 Å². The maximum Gasteiger partial charge on any atom is 0.242 e. The first kappa shape index (κ1) is 21.5. The number of aryl methyl sites for hydroxylation is 1. The SMILES string of the molecule is CCCN(CC(=O)N(Cc1cccn1C)CC(C)C)C(=O)C1CCCCC1. The van der Waals surface area contributed by atoms with Gasteiger partial charge in [0.1, 0.15) is 0 Å². The van der Waals surface area contributed by atoms with Crippen LogP contribution in [0.1, 0.15) is 65.0 Å². The van der Waals surface area contributed by atoms with E-state index in [9.17, 15) is 9.59 Å². The van der Waals surface area contributed by atoms with Gasteiger partial charge in [-0.2, -0.15) is 0 Å². The third-order valence-electron chi connectivity index (χ3n) is 5.43. The van der Waals surface area contributed by atoms with Crippen molar-refractivity contribution in [3.63, 3.8) is 0 Å². The van der Waals surface area contributed by atoms with Crippen molar-refractivity contribution in [2.75, 3.05) is 19.6 Å². The summed E-state index contributed by atoms with van der Waals surface area (Å²) >= 11 is 0. The zero-order valence-electron chi connectivity index (χ0n) is 17.6. The molecule has 0 spiro atoms. The van der Waals surface area contributed by atoms with Crippen LogP contribution in [0.2, 0.25) is 0 Å². The topological polar surface area (TPSA) is 45.6 Å². The smallest absolute Gasteiger partial charge is 0.242 e. The predicted octanol–water partition coefficient (Wildman–Crippen LogP) is 3.83. The number of carbonyl (C=O) groups is 2. The lowest BCUT2D eigenvalue weighted by Gasteiger charge is -2.31. The summed E-state index contributed by atoms with van der Waals surface area (Å²) in [5.41, 5.74) is 1.12. The van der Waals surface area contributed by atoms with Gasteiger partial charge in [0.15, 0.2) is 0 Å². The van der Waals surface area contributed by atoms with Crippen molar-refractivity contribution in [2.24, 2.45) is 18.9 Å². The predicted molar refractivity (Wildman–Crippen MR) is 109 cm³/mol. The molecule has 1 aromatic heterocycles. The summed E-state index contributed by atoms with van der Waals surface area (Å²) in [5.74, 6) is 0.753. The highest BCUT2D eigenvalue weighted by Crippen LogP contribution is 2.25. The number of hydrogen-bond donors (Lipinski definition) is 0. The Kier molecular flexibility index (Phi) is 8.39. The minimum Gasteiger partial charge on any atom is -0.353 e. The lowest BCUT2D eigenvalue weighted by molar-refractivity contribution is -0.144. The summed E-state index contributed by atoms with van der Waals surface area (Å²) in [6.45, 7) is 8.51. The van der Waals surface area contributed by atoms with E-state index >= 15 is 0 Å². The summed E-state index contributed by atoms with van der Waals surface area (Å²) < 4.78 is 2.05. The minimum absolute atomic E-state index is 0.0579. The molecule has 0 radical (unpaired) electrons. The molecule has 5 nitrogen and oxygen atoms in total. The Morgan fingerprint density at radius 3 is 2.44 bits per heavy atom. The van der Waals surface area contributed by atoms with Crippen LogP contribution in [0, 0.1) is 11.8 Å². The first-order valence-electron chi connectivity index (χ1n) is 10.6. The standard InChI is InChI=1S/C22H37N3O2/c1-5-13-24(22(27)19-10-7-6-8-11-19)17-21(26)25(15-18(2)3)16-20-12-9-14-23(20)4/h9,12,14,18-19H,5-8,10-11,13,15-17H2,1-4H3. The normalized spacial score (nSPS) is 15.1. The summed E-state index contributed by atoms with van der Waals surface area (Å²) in [5, 5.41) is 0. The van der Waals surface area contributed by atoms with Crippen molar-refractivity contribution in [2.45, 2.75) is 65.8 Å². The van der Waals surface area contributed by atoms with Crippen molar-refractivity contribution in [1.29, 1.82) is 0 Å². The molecule has 0 aliphatic heterocycles. The zero-order valence-corrected chi connectivity index (χ0v) is 17.6. The van der Waals surface area contributed by atoms with Crippen molar-refractivity contribution in [1.82, 2.24) is 14.4 Å². The van der Waals surface area contributed by atoms with Gasteiger partial charge in [-0.15, -0.1) is 0 Å². The van der Waals surface area contributed by atoms with E-state index in [1.807, 2.05) is 29.1 Å². The number of rotatable bonds is 9. The number of nitrogens with zero attached hydrogens (tertiary/aromatic N) is 3. The number of hydrogen-bond acceptors (Lipinski definition) is 2. The van der Waals surface area contributed by atoms with Crippen LogP contribution in [0.25, 0.3) is 0 Å². The Hall–Kier alpha value is -1.78. The molecule has 1 aliphatic rings. The summed E-state index contributed by atoms with van der Waals surface area (Å²) in [6, 6.07) is 4.06. The van der Waals surface area contributed by atoms with E-state index < -0.39 is 0 Å². The maximum atomic E-state index is 13.1. The average molecular weight is 376 g/mol. The highest BCUT2D eigenvalue weighted by molar-refractivity contribution is 5.86. The molecule has 0 bridgehead atoms. The molecule has 0 aromatic carbocycles. The fourth-order valence-electron chi connectivity index (χ4n) is 3.96. The van der Waals surface area contributed by atoms with E-state index in [0.717, 1.165) is 37.8 Å². The highest BCUT2D eigenvalue weighted by Gasteiger charge is 2.28. The van der Waals surface area contributed by atoms with Gasteiger partial charge in [-0.3, -0.25) is 9.59 Å². The lowest BCUT2D eigenvalue weighted by Crippen LogP contribution is -2.46.